The van der Waals surface area contributed by atoms with Gasteiger partial charge in [-0.05, 0) is 0 Å². The van der Waals surface area contributed by atoms with Crippen molar-refractivity contribution in [1.29, 1.82) is 0 Å². The van der Waals surface area contributed by atoms with E-state index in [-0.39, 0.29) is 67.6 Å². The third-order valence-corrected chi connectivity index (χ3v) is 0. The second-order valence-corrected chi connectivity index (χ2v) is 0. The molecule has 0 rings (SSSR count). The molecule has 0 amide bonds. The molecule has 0 heterocycles. The average Bonchev–Trinajstić information content (AvgIpc) is 0. The van der Waals surface area contributed by atoms with Crippen molar-refractivity contribution >= 4 is 45.9 Å². The monoisotopic (exact) mass is 120 g/mol. The Balaban J connectivity index is 0. The molecule has 0 radical (unpaired) electrons. The van der Waals surface area contributed by atoms with Crippen molar-refractivity contribution in [1.82, 2.24) is 0 Å². The Kier molecular flexibility index (Phi) is 186. The van der Waals surface area contributed by atoms with E-state index in [1.165, 1.54) is 0 Å². The normalized spacial score (nSPS) is 0. The first-order chi connectivity index (χ1) is 0. The molecular formula is HLiS2Ti. The topological polar surface area (TPSA) is 0 Å². The first-order valence-electron chi connectivity index (χ1n) is 0. The zero-order valence-corrected chi connectivity index (χ0v) is 4.51. The minimum atomic E-state index is 0. The van der Waals surface area contributed by atoms with E-state index in [0.29, 0.717) is 0 Å². The molecule has 0 unspecified atom stereocenters. The second kappa shape index (κ2) is 19.9. The smallest absolute Gasteiger partial charge is 2.00 e. The first kappa shape index (κ1) is 37.3. The van der Waals surface area contributed by atoms with Gasteiger partial charge < -0.3 is 27.0 Å². The molecule has 0 saturated carbocycles. The number of rotatable bonds is 0. The van der Waals surface area contributed by atoms with Gasteiger partial charge >= 0.3 is 40.6 Å². The Morgan fingerprint density at radius 3 is 0.750 bits per heavy atom. The molecule has 0 fully saturated rings. The predicted molar refractivity (Wildman–Crippen MR) is 21.9 cm³/mol. The summed E-state index contributed by atoms with van der Waals surface area (Å²) >= 11 is 0. The van der Waals surface area contributed by atoms with Gasteiger partial charge in [-0.3, -0.25) is 0 Å². The SMILES string of the molecule is [LiH].[S-2].[S-2].[Ti+4]. The van der Waals surface area contributed by atoms with Gasteiger partial charge in [0.2, 0.25) is 0 Å². The van der Waals surface area contributed by atoms with Crippen molar-refractivity contribution in [2.75, 3.05) is 0 Å². The summed E-state index contributed by atoms with van der Waals surface area (Å²) in [5.74, 6) is 0. The average molecular weight is 120 g/mol. The molecule has 0 spiro atoms. The van der Waals surface area contributed by atoms with Crippen molar-refractivity contribution < 1.29 is 21.7 Å². The predicted octanol–water partition coefficient (Wildman–Crippen LogP) is -0.656. The number of hydrogen-bond acceptors (Lipinski definition) is 0. The summed E-state index contributed by atoms with van der Waals surface area (Å²) in [7, 11) is 0. The van der Waals surface area contributed by atoms with E-state index in [2.05, 4.69) is 0 Å². The van der Waals surface area contributed by atoms with Crippen LogP contribution in [0.5, 0.6) is 0 Å². The van der Waals surface area contributed by atoms with Crippen LogP contribution in [0.3, 0.4) is 0 Å². The summed E-state index contributed by atoms with van der Waals surface area (Å²) in [5, 5.41) is 0. The largest absolute Gasteiger partial charge is 4.00 e. The maximum Gasteiger partial charge on any atom is 4.00 e. The van der Waals surface area contributed by atoms with Crippen molar-refractivity contribution in [2.45, 2.75) is 0 Å². The van der Waals surface area contributed by atoms with Crippen molar-refractivity contribution in [3.05, 3.63) is 0 Å². The zero-order chi connectivity index (χ0) is 0. The van der Waals surface area contributed by atoms with E-state index in [9.17, 15) is 0 Å². The van der Waals surface area contributed by atoms with E-state index in [1.54, 1.807) is 0 Å². The van der Waals surface area contributed by atoms with E-state index in [0.717, 1.165) is 0 Å². The molecule has 0 bridgehead atoms. The van der Waals surface area contributed by atoms with Crippen LogP contribution in [-0.4, -0.2) is 18.9 Å². The quantitative estimate of drug-likeness (QED) is 0.372. The first-order valence-corrected chi connectivity index (χ1v) is 0. The van der Waals surface area contributed by atoms with Gasteiger partial charge in [-0.15, -0.1) is 0 Å². The van der Waals surface area contributed by atoms with Crippen LogP contribution in [0.25, 0.3) is 0 Å². The summed E-state index contributed by atoms with van der Waals surface area (Å²) in [6.07, 6.45) is 0. The van der Waals surface area contributed by atoms with Crippen LogP contribution < -0.4 is 0 Å². The van der Waals surface area contributed by atoms with Crippen LogP contribution in [0, 0.1) is 0 Å². The Morgan fingerprint density at radius 2 is 0.750 bits per heavy atom. The summed E-state index contributed by atoms with van der Waals surface area (Å²) in [5.41, 5.74) is 0. The fourth-order valence-corrected chi connectivity index (χ4v) is 0. The minimum Gasteiger partial charge on any atom is -2.00 e. The van der Waals surface area contributed by atoms with Crippen LogP contribution in [0.15, 0.2) is 0 Å². The Hall–Kier alpha value is 2.01. The number of hydrogen-bond donors (Lipinski definition) is 0. The maximum atomic E-state index is 0. The van der Waals surface area contributed by atoms with Gasteiger partial charge in [0, 0.05) is 0 Å². The fourth-order valence-electron chi connectivity index (χ4n) is 0. The van der Waals surface area contributed by atoms with Crippen LogP contribution in [-0.2, 0) is 48.7 Å². The maximum absolute atomic E-state index is 0. The van der Waals surface area contributed by atoms with Crippen molar-refractivity contribution in [3.63, 3.8) is 0 Å². The molecule has 4 heavy (non-hydrogen) atoms. The van der Waals surface area contributed by atoms with Crippen molar-refractivity contribution in [3.8, 4) is 0 Å². The molecule has 4 heteroatoms. The van der Waals surface area contributed by atoms with Gasteiger partial charge in [0.25, 0.3) is 0 Å². The fraction of sp³-hybridized carbons (Fsp3) is 0. The third-order valence-electron chi connectivity index (χ3n) is 0. The summed E-state index contributed by atoms with van der Waals surface area (Å²) in [4.78, 5) is 0. The molecular weight excluding hydrogens is 119 g/mol. The molecule has 0 aromatic carbocycles. The Labute approximate surface area is 67.1 Å². The summed E-state index contributed by atoms with van der Waals surface area (Å²) < 4.78 is 0. The Bertz CT molecular complexity index is 6.00. The van der Waals surface area contributed by atoms with E-state index in [4.69, 9.17) is 0 Å². The van der Waals surface area contributed by atoms with Gasteiger partial charge in [-0.1, -0.05) is 0 Å². The van der Waals surface area contributed by atoms with E-state index in [1.807, 2.05) is 0 Å². The molecule has 0 saturated heterocycles. The standard InChI is InChI=1S/Li.2S.Ti.H/q;2*-2;+4;. The second-order valence-electron chi connectivity index (χ2n) is 0. The summed E-state index contributed by atoms with van der Waals surface area (Å²) in [6, 6.07) is 0. The van der Waals surface area contributed by atoms with Crippen molar-refractivity contribution in [2.24, 2.45) is 0 Å². The van der Waals surface area contributed by atoms with Gasteiger partial charge in [-0.25, -0.2) is 0 Å². The summed E-state index contributed by atoms with van der Waals surface area (Å²) in [6.45, 7) is 0. The molecule has 0 aliphatic heterocycles. The van der Waals surface area contributed by atoms with Gasteiger partial charge in [0.1, 0.15) is 0 Å². The zero-order valence-electron chi connectivity index (χ0n) is 1.32. The van der Waals surface area contributed by atoms with E-state index >= 15 is 0 Å². The minimum absolute atomic E-state index is 0. The molecule has 0 N–H and O–H groups in total. The van der Waals surface area contributed by atoms with Crippen LogP contribution in [0.4, 0.5) is 0 Å². The molecule has 0 aromatic heterocycles. The molecule has 0 aliphatic rings. The Morgan fingerprint density at radius 1 is 0.750 bits per heavy atom. The van der Waals surface area contributed by atoms with Gasteiger partial charge in [-0.2, -0.15) is 0 Å². The van der Waals surface area contributed by atoms with Crippen LogP contribution >= 0.6 is 0 Å². The molecule has 18 valence electrons. The van der Waals surface area contributed by atoms with E-state index < -0.39 is 0 Å². The molecule has 0 aromatic rings. The van der Waals surface area contributed by atoms with Crippen LogP contribution in [0.2, 0.25) is 0 Å². The van der Waals surface area contributed by atoms with Crippen LogP contribution in [0.1, 0.15) is 0 Å². The van der Waals surface area contributed by atoms with Gasteiger partial charge in [0.15, 0.2) is 0 Å². The molecule has 0 aliphatic carbocycles. The molecule has 0 nitrogen and oxygen atoms in total. The third kappa shape index (κ3) is 8.99. The van der Waals surface area contributed by atoms with Gasteiger partial charge in [0.05, 0.1) is 0 Å². The molecule has 0 atom stereocenters.